The van der Waals surface area contributed by atoms with Crippen LogP contribution in [0.15, 0.2) is 36.7 Å². The molecular weight excluding hydrogens is 288 g/mol. The first kappa shape index (κ1) is 13.9. The molecule has 1 amide bonds. The van der Waals surface area contributed by atoms with Gasteiger partial charge < -0.3 is 9.88 Å². The highest BCUT2D eigenvalue weighted by atomic mass is 35.5. The van der Waals surface area contributed by atoms with E-state index in [1.807, 2.05) is 6.20 Å². The molecule has 0 radical (unpaired) electrons. The highest BCUT2D eigenvalue weighted by Crippen LogP contribution is 2.22. The summed E-state index contributed by atoms with van der Waals surface area (Å²) < 4.78 is 1.78. The van der Waals surface area contributed by atoms with Gasteiger partial charge in [0.1, 0.15) is 6.54 Å². The molecule has 5 heteroatoms. The summed E-state index contributed by atoms with van der Waals surface area (Å²) in [6.07, 6.45) is 6.08. The molecule has 0 unspecified atom stereocenters. The van der Waals surface area contributed by atoms with Gasteiger partial charge in [-0.2, -0.15) is 0 Å². The van der Waals surface area contributed by atoms with Crippen molar-refractivity contribution in [3.8, 4) is 0 Å². The van der Waals surface area contributed by atoms with E-state index in [1.165, 1.54) is 0 Å². The number of aromatic nitrogens is 1. The van der Waals surface area contributed by atoms with Crippen molar-refractivity contribution in [2.45, 2.75) is 25.8 Å². The van der Waals surface area contributed by atoms with Crippen LogP contribution in [-0.4, -0.2) is 16.3 Å². The number of ketones is 1. The molecule has 1 aromatic heterocycles. The smallest absolute Gasteiger partial charge is 0.244 e. The highest BCUT2D eigenvalue weighted by molar-refractivity contribution is 6.30. The number of benzene rings is 1. The second-order valence-corrected chi connectivity index (χ2v) is 5.64. The van der Waals surface area contributed by atoms with Crippen LogP contribution in [0.4, 0.5) is 5.69 Å². The molecule has 1 aromatic carbocycles. The van der Waals surface area contributed by atoms with Crippen LogP contribution in [0.5, 0.6) is 0 Å². The van der Waals surface area contributed by atoms with Crippen LogP contribution in [0.25, 0.3) is 0 Å². The van der Waals surface area contributed by atoms with Crippen molar-refractivity contribution in [1.29, 1.82) is 0 Å². The second-order valence-electron chi connectivity index (χ2n) is 5.20. The van der Waals surface area contributed by atoms with E-state index in [4.69, 9.17) is 11.6 Å². The standard InChI is InChI=1S/C16H15ClN2O2/c17-12-4-6-13(7-5-12)18-16(21)10-19-8-11-2-1-3-15(20)14(11)9-19/h4-9H,1-3,10H2,(H,18,21). The zero-order valence-electron chi connectivity index (χ0n) is 11.4. The largest absolute Gasteiger partial charge is 0.344 e. The summed E-state index contributed by atoms with van der Waals surface area (Å²) in [4.78, 5) is 23.8. The molecule has 0 atom stereocenters. The van der Waals surface area contributed by atoms with Gasteiger partial charge in [-0.3, -0.25) is 9.59 Å². The summed E-state index contributed by atoms with van der Waals surface area (Å²) in [6.45, 7) is 0.197. The first-order valence-electron chi connectivity index (χ1n) is 6.89. The van der Waals surface area contributed by atoms with Crippen molar-refractivity contribution in [2.75, 3.05) is 5.32 Å². The third-order valence-electron chi connectivity index (χ3n) is 3.57. The number of amides is 1. The Bertz CT molecular complexity index is 689. The van der Waals surface area contributed by atoms with Crippen LogP contribution in [0.3, 0.4) is 0 Å². The fourth-order valence-corrected chi connectivity index (χ4v) is 2.70. The number of rotatable bonds is 3. The van der Waals surface area contributed by atoms with Gasteiger partial charge in [0, 0.05) is 35.1 Å². The average molecular weight is 303 g/mol. The van der Waals surface area contributed by atoms with Gasteiger partial charge >= 0.3 is 0 Å². The molecule has 1 heterocycles. The number of nitrogens with zero attached hydrogens (tertiary/aromatic N) is 1. The third-order valence-corrected chi connectivity index (χ3v) is 3.82. The number of hydrogen-bond acceptors (Lipinski definition) is 2. The van der Waals surface area contributed by atoms with E-state index in [0.29, 0.717) is 17.1 Å². The number of Topliss-reactive ketones (excluding diaryl/α,β-unsaturated/α-hetero) is 1. The van der Waals surface area contributed by atoms with E-state index in [1.54, 1.807) is 35.0 Å². The van der Waals surface area contributed by atoms with Gasteiger partial charge in [-0.15, -0.1) is 0 Å². The van der Waals surface area contributed by atoms with Crippen LogP contribution < -0.4 is 5.32 Å². The zero-order chi connectivity index (χ0) is 14.8. The van der Waals surface area contributed by atoms with Crippen LogP contribution >= 0.6 is 11.6 Å². The lowest BCUT2D eigenvalue weighted by atomic mass is 9.95. The molecule has 0 fully saturated rings. The van der Waals surface area contributed by atoms with E-state index in [-0.39, 0.29) is 18.2 Å². The maximum absolute atomic E-state index is 12.0. The highest BCUT2D eigenvalue weighted by Gasteiger charge is 2.19. The van der Waals surface area contributed by atoms with Crippen molar-refractivity contribution in [2.24, 2.45) is 0 Å². The Morgan fingerprint density at radius 3 is 2.67 bits per heavy atom. The van der Waals surface area contributed by atoms with Gasteiger partial charge in [0.25, 0.3) is 0 Å². The molecule has 0 aliphatic heterocycles. The van der Waals surface area contributed by atoms with E-state index in [2.05, 4.69) is 5.32 Å². The number of aryl methyl sites for hydroxylation is 1. The molecular formula is C16H15ClN2O2. The van der Waals surface area contributed by atoms with Crippen molar-refractivity contribution in [1.82, 2.24) is 4.57 Å². The molecule has 4 nitrogen and oxygen atoms in total. The average Bonchev–Trinajstić information content (AvgIpc) is 2.85. The minimum atomic E-state index is -0.128. The molecule has 1 N–H and O–H groups in total. The SMILES string of the molecule is O=C(Cn1cc2c(c1)C(=O)CCC2)Nc1ccc(Cl)cc1. The molecule has 0 bridgehead atoms. The van der Waals surface area contributed by atoms with Crippen molar-refractivity contribution >= 4 is 29.0 Å². The molecule has 21 heavy (non-hydrogen) atoms. The molecule has 0 saturated heterocycles. The van der Waals surface area contributed by atoms with Crippen molar-refractivity contribution < 1.29 is 9.59 Å². The van der Waals surface area contributed by atoms with Gasteiger partial charge in [-0.1, -0.05) is 11.6 Å². The van der Waals surface area contributed by atoms with Gasteiger partial charge in [0.15, 0.2) is 5.78 Å². The maximum atomic E-state index is 12.0. The van der Waals surface area contributed by atoms with Gasteiger partial charge in [-0.05, 0) is 42.7 Å². The molecule has 3 rings (SSSR count). The second kappa shape index (κ2) is 5.74. The minimum absolute atomic E-state index is 0.128. The molecule has 0 spiro atoms. The summed E-state index contributed by atoms with van der Waals surface area (Å²) in [5.41, 5.74) is 2.52. The summed E-state index contributed by atoms with van der Waals surface area (Å²) in [5, 5.41) is 3.44. The van der Waals surface area contributed by atoms with Gasteiger partial charge in [0.05, 0.1) is 0 Å². The number of anilines is 1. The van der Waals surface area contributed by atoms with Crippen molar-refractivity contribution in [3.63, 3.8) is 0 Å². The molecule has 1 aliphatic carbocycles. The first-order valence-corrected chi connectivity index (χ1v) is 7.27. The Morgan fingerprint density at radius 2 is 1.95 bits per heavy atom. The Balaban J connectivity index is 1.67. The first-order chi connectivity index (χ1) is 10.1. The third kappa shape index (κ3) is 3.16. The molecule has 108 valence electrons. The van der Waals surface area contributed by atoms with E-state index in [9.17, 15) is 9.59 Å². The fraction of sp³-hybridized carbons (Fsp3) is 0.250. The van der Waals surface area contributed by atoms with Crippen LogP contribution in [0, 0.1) is 0 Å². The zero-order valence-corrected chi connectivity index (χ0v) is 12.2. The van der Waals surface area contributed by atoms with Gasteiger partial charge in [0.2, 0.25) is 5.91 Å². The summed E-state index contributed by atoms with van der Waals surface area (Å²) in [5.74, 6) is 0.0465. The van der Waals surface area contributed by atoms with Crippen LogP contribution in [0.1, 0.15) is 28.8 Å². The number of fused-ring (bicyclic) bond motifs is 1. The summed E-state index contributed by atoms with van der Waals surface area (Å²) >= 11 is 5.80. The summed E-state index contributed by atoms with van der Waals surface area (Å²) in [7, 11) is 0. The monoisotopic (exact) mass is 302 g/mol. The number of carbonyl (C=O) groups excluding carboxylic acids is 2. The quantitative estimate of drug-likeness (QED) is 0.946. The Kier molecular flexibility index (Phi) is 3.80. The Morgan fingerprint density at radius 1 is 1.19 bits per heavy atom. The predicted molar refractivity (Wildman–Crippen MR) is 81.8 cm³/mol. The topological polar surface area (TPSA) is 51.1 Å². The lowest BCUT2D eigenvalue weighted by Crippen LogP contribution is -2.17. The van der Waals surface area contributed by atoms with E-state index >= 15 is 0 Å². The van der Waals surface area contributed by atoms with Crippen LogP contribution in [0.2, 0.25) is 5.02 Å². The fourth-order valence-electron chi connectivity index (χ4n) is 2.57. The van der Waals surface area contributed by atoms with Gasteiger partial charge in [-0.25, -0.2) is 0 Å². The predicted octanol–water partition coefficient (Wildman–Crippen LogP) is 3.30. The number of hydrogen-bond donors (Lipinski definition) is 1. The molecule has 1 aliphatic rings. The normalized spacial score (nSPS) is 13.9. The lowest BCUT2D eigenvalue weighted by molar-refractivity contribution is -0.116. The number of halogens is 1. The molecule has 0 saturated carbocycles. The molecule has 2 aromatic rings. The van der Waals surface area contributed by atoms with Crippen molar-refractivity contribution in [3.05, 3.63) is 52.8 Å². The maximum Gasteiger partial charge on any atom is 0.244 e. The summed E-state index contributed by atoms with van der Waals surface area (Å²) in [6, 6.07) is 6.96. The number of carbonyl (C=O) groups is 2. The number of nitrogens with one attached hydrogen (secondary N) is 1. The van der Waals surface area contributed by atoms with E-state index < -0.39 is 0 Å². The van der Waals surface area contributed by atoms with Crippen LogP contribution in [-0.2, 0) is 17.8 Å². The van der Waals surface area contributed by atoms with E-state index in [0.717, 1.165) is 24.0 Å². The minimum Gasteiger partial charge on any atom is -0.344 e. The Hall–Kier alpha value is -2.07. The Labute approximate surface area is 127 Å². The lowest BCUT2D eigenvalue weighted by Gasteiger charge is -2.07.